The van der Waals surface area contributed by atoms with Crippen LogP contribution in [0.4, 0.5) is 18.9 Å². The van der Waals surface area contributed by atoms with Crippen LogP contribution in [0.3, 0.4) is 0 Å². The lowest BCUT2D eigenvalue weighted by Crippen LogP contribution is -2.27. The molecule has 180 valence electrons. The Balaban J connectivity index is 1.28. The van der Waals surface area contributed by atoms with Crippen molar-refractivity contribution in [1.29, 1.82) is 0 Å². The monoisotopic (exact) mass is 521 g/mol. The van der Waals surface area contributed by atoms with Crippen LogP contribution in [0.1, 0.15) is 16.7 Å². The van der Waals surface area contributed by atoms with Gasteiger partial charge in [-0.2, -0.15) is 13.2 Å². The van der Waals surface area contributed by atoms with E-state index in [0.29, 0.717) is 17.3 Å². The third-order valence-corrected chi connectivity index (χ3v) is 6.92. The van der Waals surface area contributed by atoms with Crippen molar-refractivity contribution in [3.8, 4) is 5.75 Å². The fourth-order valence-electron chi connectivity index (χ4n) is 3.82. The highest BCUT2D eigenvalue weighted by Crippen LogP contribution is 2.38. The number of hydrogen-bond donors (Lipinski definition) is 0. The number of fused-ring (bicyclic) bond motifs is 1. The molecular weight excluding hydrogens is 503 g/mol. The summed E-state index contributed by atoms with van der Waals surface area (Å²) < 4.78 is 45.4. The Morgan fingerprint density at radius 3 is 2.39 bits per heavy atom. The zero-order valence-electron chi connectivity index (χ0n) is 18.7. The van der Waals surface area contributed by atoms with Crippen LogP contribution in [0, 0.1) is 0 Å². The second-order valence-corrected chi connectivity index (χ2v) is 9.78. The maximum Gasteiger partial charge on any atom is 0.416 e. The smallest absolute Gasteiger partial charge is 0.416 e. The standard InChI is InChI=1S/C28H18F3NO2S2/c29-28(30,31)22-6-3-7-23(16-22)32-26(33)25(36-27(32)35)15-18-9-12-24(13-10-18)34-17-19-8-11-20-4-1-2-5-21(20)14-19/h1-16H,17H2/b25-15+. The number of alkyl halides is 3. The first-order chi connectivity index (χ1) is 17.3. The molecule has 0 aromatic heterocycles. The number of halogens is 3. The number of thioether (sulfide) groups is 1. The van der Waals surface area contributed by atoms with E-state index < -0.39 is 17.6 Å². The summed E-state index contributed by atoms with van der Waals surface area (Å²) in [4.78, 5) is 14.4. The lowest BCUT2D eigenvalue weighted by Gasteiger charge is -2.16. The molecule has 0 spiro atoms. The Hall–Kier alpha value is -3.62. The first-order valence-electron chi connectivity index (χ1n) is 10.9. The minimum atomic E-state index is -4.51. The Labute approximate surface area is 215 Å². The van der Waals surface area contributed by atoms with Gasteiger partial charge in [0.1, 0.15) is 12.4 Å². The highest BCUT2D eigenvalue weighted by Gasteiger charge is 2.36. The lowest BCUT2D eigenvalue weighted by atomic mass is 10.1. The Bertz CT molecular complexity index is 1500. The maximum atomic E-state index is 13.1. The molecule has 5 rings (SSSR count). The van der Waals surface area contributed by atoms with E-state index in [1.807, 2.05) is 30.3 Å². The predicted octanol–water partition coefficient (Wildman–Crippen LogP) is 7.84. The molecule has 3 nitrogen and oxygen atoms in total. The van der Waals surface area contributed by atoms with Crippen molar-refractivity contribution in [2.24, 2.45) is 0 Å². The van der Waals surface area contributed by atoms with Crippen molar-refractivity contribution < 1.29 is 22.7 Å². The highest BCUT2D eigenvalue weighted by atomic mass is 32.2. The minimum absolute atomic E-state index is 0.0909. The number of thiocarbonyl (C=S) groups is 1. The van der Waals surface area contributed by atoms with Gasteiger partial charge >= 0.3 is 6.18 Å². The van der Waals surface area contributed by atoms with Crippen molar-refractivity contribution in [3.05, 3.63) is 113 Å². The van der Waals surface area contributed by atoms with Gasteiger partial charge in [0, 0.05) is 0 Å². The first kappa shape index (κ1) is 24.1. The minimum Gasteiger partial charge on any atom is -0.489 e. The molecule has 1 aliphatic heterocycles. The zero-order chi connectivity index (χ0) is 25.3. The van der Waals surface area contributed by atoms with E-state index in [2.05, 4.69) is 24.3 Å². The third-order valence-electron chi connectivity index (χ3n) is 5.62. The van der Waals surface area contributed by atoms with Crippen molar-refractivity contribution in [1.82, 2.24) is 0 Å². The van der Waals surface area contributed by atoms with Gasteiger partial charge in [-0.3, -0.25) is 9.69 Å². The average Bonchev–Trinajstić information content (AvgIpc) is 3.15. The van der Waals surface area contributed by atoms with Crippen molar-refractivity contribution in [2.75, 3.05) is 4.90 Å². The van der Waals surface area contributed by atoms with Crippen LogP contribution in [-0.4, -0.2) is 10.2 Å². The number of benzene rings is 4. The SMILES string of the molecule is O=C1/C(=C\c2ccc(OCc3ccc4ccccc4c3)cc2)SC(=S)N1c1cccc(C(F)(F)F)c1. The van der Waals surface area contributed by atoms with E-state index in [1.165, 1.54) is 17.5 Å². The predicted molar refractivity (Wildman–Crippen MR) is 142 cm³/mol. The fraction of sp³-hybridized carbons (Fsp3) is 0.0714. The molecule has 36 heavy (non-hydrogen) atoms. The average molecular weight is 522 g/mol. The lowest BCUT2D eigenvalue weighted by molar-refractivity contribution is -0.137. The van der Waals surface area contributed by atoms with Gasteiger partial charge in [-0.15, -0.1) is 0 Å². The maximum absolute atomic E-state index is 13.1. The summed E-state index contributed by atoms with van der Waals surface area (Å²) in [5, 5.41) is 2.32. The van der Waals surface area contributed by atoms with Crippen molar-refractivity contribution >= 4 is 56.7 Å². The van der Waals surface area contributed by atoms with E-state index in [9.17, 15) is 18.0 Å². The van der Waals surface area contributed by atoms with Crippen molar-refractivity contribution in [2.45, 2.75) is 12.8 Å². The second-order valence-electron chi connectivity index (χ2n) is 8.10. The third kappa shape index (κ3) is 5.15. The molecule has 0 radical (unpaired) electrons. The van der Waals surface area contributed by atoms with Gasteiger partial charge in [-0.1, -0.05) is 78.6 Å². The molecule has 0 aliphatic carbocycles. The van der Waals surface area contributed by atoms with E-state index in [0.717, 1.165) is 45.3 Å². The molecule has 4 aromatic rings. The number of ether oxygens (including phenoxy) is 1. The molecule has 1 amide bonds. The van der Waals surface area contributed by atoms with Gasteiger partial charge in [0.05, 0.1) is 16.2 Å². The summed E-state index contributed by atoms with van der Waals surface area (Å²) in [6.07, 6.45) is -2.84. The largest absolute Gasteiger partial charge is 0.489 e. The van der Waals surface area contributed by atoms with Crippen molar-refractivity contribution in [3.63, 3.8) is 0 Å². The number of rotatable bonds is 5. The van der Waals surface area contributed by atoms with Gasteiger partial charge in [-0.25, -0.2) is 0 Å². The van der Waals surface area contributed by atoms with Crippen LogP contribution in [0.15, 0.2) is 95.9 Å². The number of hydrogen-bond acceptors (Lipinski definition) is 4. The quantitative estimate of drug-likeness (QED) is 0.198. The number of nitrogens with zero attached hydrogens (tertiary/aromatic N) is 1. The topological polar surface area (TPSA) is 29.5 Å². The van der Waals surface area contributed by atoms with E-state index >= 15 is 0 Å². The molecule has 1 heterocycles. The molecule has 8 heteroatoms. The van der Waals surface area contributed by atoms with Crippen LogP contribution in [-0.2, 0) is 17.6 Å². The van der Waals surface area contributed by atoms with Crippen LogP contribution in [0.2, 0.25) is 0 Å². The van der Waals surface area contributed by atoms with Gasteiger partial charge in [0.15, 0.2) is 4.32 Å². The summed E-state index contributed by atoms with van der Waals surface area (Å²) in [7, 11) is 0. The van der Waals surface area contributed by atoms with E-state index in [1.54, 1.807) is 18.2 Å². The van der Waals surface area contributed by atoms with Crippen LogP contribution >= 0.6 is 24.0 Å². The molecule has 0 unspecified atom stereocenters. The molecule has 0 saturated carbocycles. The fourth-order valence-corrected chi connectivity index (χ4v) is 5.12. The van der Waals surface area contributed by atoms with Gasteiger partial charge < -0.3 is 4.74 Å². The number of amides is 1. The van der Waals surface area contributed by atoms with Crippen LogP contribution in [0.25, 0.3) is 16.8 Å². The van der Waals surface area contributed by atoms with Crippen LogP contribution in [0.5, 0.6) is 5.75 Å². The van der Waals surface area contributed by atoms with Gasteiger partial charge in [0.25, 0.3) is 5.91 Å². The number of anilines is 1. The Morgan fingerprint density at radius 1 is 0.889 bits per heavy atom. The summed E-state index contributed by atoms with van der Waals surface area (Å²) >= 11 is 6.34. The van der Waals surface area contributed by atoms with Gasteiger partial charge in [-0.05, 0) is 64.4 Å². The molecule has 4 aromatic carbocycles. The van der Waals surface area contributed by atoms with Gasteiger partial charge in [0.2, 0.25) is 0 Å². The summed E-state index contributed by atoms with van der Waals surface area (Å²) in [6.45, 7) is 0.416. The molecule has 0 N–H and O–H groups in total. The molecule has 1 aliphatic rings. The highest BCUT2D eigenvalue weighted by molar-refractivity contribution is 8.27. The molecular formula is C28H18F3NO2S2. The van der Waals surface area contributed by atoms with E-state index in [-0.39, 0.29) is 10.0 Å². The molecule has 1 saturated heterocycles. The first-order valence-corrected chi connectivity index (χ1v) is 12.2. The molecule has 0 atom stereocenters. The molecule has 1 fully saturated rings. The zero-order valence-corrected chi connectivity index (χ0v) is 20.3. The summed E-state index contributed by atoms with van der Waals surface area (Å²) in [5.41, 5.74) is 1.05. The summed E-state index contributed by atoms with van der Waals surface area (Å²) in [5.74, 6) is 0.220. The van der Waals surface area contributed by atoms with Crippen LogP contribution < -0.4 is 9.64 Å². The summed E-state index contributed by atoms with van der Waals surface area (Å²) in [6, 6.07) is 26.1. The normalized spacial score (nSPS) is 15.2. The second kappa shape index (κ2) is 9.79. The molecule has 0 bridgehead atoms. The van der Waals surface area contributed by atoms with E-state index in [4.69, 9.17) is 17.0 Å². The Kier molecular flexibility index (Phi) is 6.55. The number of carbonyl (C=O) groups is 1. The number of carbonyl (C=O) groups excluding carboxylic acids is 1. The Morgan fingerprint density at radius 2 is 1.64 bits per heavy atom.